The molecule has 0 aliphatic rings. The minimum Gasteiger partial charge on any atom is -0.384 e. The molecule has 16 heavy (non-hydrogen) atoms. The molecule has 0 radical (unpaired) electrons. The van der Waals surface area contributed by atoms with Crippen molar-refractivity contribution in [2.24, 2.45) is 0 Å². The summed E-state index contributed by atoms with van der Waals surface area (Å²) in [5.41, 5.74) is 2.47. The molecule has 0 amide bonds. The van der Waals surface area contributed by atoms with Crippen LogP contribution in [0.4, 0.5) is 5.69 Å². The largest absolute Gasteiger partial charge is 0.384 e. The third-order valence-corrected chi connectivity index (χ3v) is 3.64. The number of anilines is 1. The molecule has 1 nitrogen and oxygen atoms in total. The lowest BCUT2D eigenvalue weighted by Crippen LogP contribution is -2.02. The van der Waals surface area contributed by atoms with Gasteiger partial charge in [0.15, 0.2) is 0 Å². The Labute approximate surface area is 107 Å². The van der Waals surface area contributed by atoms with Gasteiger partial charge in [0.25, 0.3) is 0 Å². The van der Waals surface area contributed by atoms with Gasteiger partial charge in [0, 0.05) is 16.7 Å². The van der Waals surface area contributed by atoms with Crippen LogP contribution in [0.2, 0.25) is 0 Å². The fraction of sp³-hybridized carbons (Fsp3) is 0.429. The summed E-state index contributed by atoms with van der Waals surface area (Å²) in [6.07, 6.45) is 6.86. The SMILES string of the molecule is C=CCCCCCNc1cccc(C)c1Br. The topological polar surface area (TPSA) is 12.0 Å². The van der Waals surface area contributed by atoms with Gasteiger partial charge in [-0.2, -0.15) is 0 Å². The molecule has 0 unspecified atom stereocenters. The standard InChI is InChI=1S/C14H20BrN/c1-3-4-5-6-7-11-16-13-10-8-9-12(2)14(13)15/h3,8-10,16H,1,4-7,11H2,2H3. The van der Waals surface area contributed by atoms with E-state index in [4.69, 9.17) is 0 Å². The molecule has 0 bridgehead atoms. The van der Waals surface area contributed by atoms with Crippen molar-refractivity contribution in [1.29, 1.82) is 0 Å². The smallest absolute Gasteiger partial charge is 0.0487 e. The van der Waals surface area contributed by atoms with E-state index in [1.54, 1.807) is 0 Å². The van der Waals surface area contributed by atoms with Gasteiger partial charge in [-0.15, -0.1) is 6.58 Å². The van der Waals surface area contributed by atoms with Crippen LogP contribution in [0.5, 0.6) is 0 Å². The van der Waals surface area contributed by atoms with Gasteiger partial charge in [-0.1, -0.05) is 24.6 Å². The maximum atomic E-state index is 3.73. The highest BCUT2D eigenvalue weighted by Crippen LogP contribution is 2.25. The fourth-order valence-corrected chi connectivity index (χ4v) is 2.00. The van der Waals surface area contributed by atoms with Crippen molar-refractivity contribution in [3.05, 3.63) is 40.9 Å². The molecule has 0 aromatic heterocycles. The quantitative estimate of drug-likeness (QED) is 0.553. The molecule has 1 aromatic carbocycles. The Bertz CT molecular complexity index is 334. The first kappa shape index (κ1) is 13.3. The highest BCUT2D eigenvalue weighted by molar-refractivity contribution is 9.10. The van der Waals surface area contributed by atoms with Gasteiger partial charge in [0.1, 0.15) is 0 Å². The van der Waals surface area contributed by atoms with Crippen LogP contribution in [-0.4, -0.2) is 6.54 Å². The van der Waals surface area contributed by atoms with Crippen LogP contribution in [0, 0.1) is 6.92 Å². The van der Waals surface area contributed by atoms with E-state index in [0.29, 0.717) is 0 Å². The highest BCUT2D eigenvalue weighted by Gasteiger charge is 2.00. The van der Waals surface area contributed by atoms with Gasteiger partial charge in [0.2, 0.25) is 0 Å². The number of nitrogens with one attached hydrogen (secondary N) is 1. The second kappa shape index (κ2) is 7.50. The minimum atomic E-state index is 1.04. The average molecular weight is 282 g/mol. The van der Waals surface area contributed by atoms with Crippen molar-refractivity contribution >= 4 is 21.6 Å². The molecule has 2 heteroatoms. The van der Waals surface area contributed by atoms with Crippen molar-refractivity contribution < 1.29 is 0 Å². The van der Waals surface area contributed by atoms with E-state index in [2.05, 4.69) is 52.9 Å². The summed E-state index contributed by atoms with van der Waals surface area (Å²) < 4.78 is 1.18. The third-order valence-electron chi connectivity index (χ3n) is 2.59. The number of halogens is 1. The summed E-state index contributed by atoms with van der Waals surface area (Å²) in [7, 11) is 0. The molecule has 1 aromatic rings. The molecule has 0 saturated heterocycles. The molecule has 0 spiro atoms. The number of rotatable bonds is 7. The number of allylic oxidation sites excluding steroid dienone is 1. The molecule has 0 saturated carbocycles. The first-order valence-electron chi connectivity index (χ1n) is 5.85. The second-order valence-electron chi connectivity index (χ2n) is 4.00. The van der Waals surface area contributed by atoms with Crippen molar-refractivity contribution in [2.45, 2.75) is 32.6 Å². The Morgan fingerprint density at radius 3 is 2.88 bits per heavy atom. The summed E-state index contributed by atoms with van der Waals surface area (Å²) >= 11 is 3.60. The zero-order chi connectivity index (χ0) is 11.8. The van der Waals surface area contributed by atoms with Gasteiger partial charge < -0.3 is 5.32 Å². The Morgan fingerprint density at radius 2 is 2.12 bits per heavy atom. The Kier molecular flexibility index (Phi) is 6.24. The molecule has 0 aliphatic carbocycles. The normalized spacial score (nSPS) is 10.1. The van der Waals surface area contributed by atoms with E-state index >= 15 is 0 Å². The molecule has 0 aliphatic heterocycles. The van der Waals surface area contributed by atoms with Crippen LogP contribution in [0.15, 0.2) is 35.3 Å². The molecule has 0 heterocycles. The van der Waals surface area contributed by atoms with Crippen LogP contribution >= 0.6 is 15.9 Å². The van der Waals surface area contributed by atoms with Crippen LogP contribution in [0.25, 0.3) is 0 Å². The van der Waals surface area contributed by atoms with Crippen LogP contribution in [0.1, 0.15) is 31.2 Å². The average Bonchev–Trinajstić information content (AvgIpc) is 2.29. The van der Waals surface area contributed by atoms with E-state index in [9.17, 15) is 0 Å². The number of hydrogen-bond acceptors (Lipinski definition) is 1. The third kappa shape index (κ3) is 4.40. The van der Waals surface area contributed by atoms with E-state index in [-0.39, 0.29) is 0 Å². The lowest BCUT2D eigenvalue weighted by atomic mass is 10.2. The predicted molar refractivity (Wildman–Crippen MR) is 76.0 cm³/mol. The van der Waals surface area contributed by atoms with E-state index in [1.165, 1.54) is 35.0 Å². The van der Waals surface area contributed by atoms with Crippen LogP contribution < -0.4 is 5.32 Å². The van der Waals surface area contributed by atoms with Crippen molar-refractivity contribution in [2.75, 3.05) is 11.9 Å². The van der Waals surface area contributed by atoms with E-state index in [0.717, 1.165) is 13.0 Å². The Hall–Kier alpha value is -0.760. The number of hydrogen-bond donors (Lipinski definition) is 1. The summed E-state index contributed by atoms with van der Waals surface area (Å²) in [6.45, 7) is 6.88. The number of unbranched alkanes of at least 4 members (excludes halogenated alkanes) is 3. The van der Waals surface area contributed by atoms with Crippen LogP contribution in [0.3, 0.4) is 0 Å². The molecular weight excluding hydrogens is 262 g/mol. The Balaban J connectivity index is 2.26. The van der Waals surface area contributed by atoms with Gasteiger partial charge in [0.05, 0.1) is 0 Å². The number of benzene rings is 1. The highest BCUT2D eigenvalue weighted by atomic mass is 79.9. The molecule has 1 rings (SSSR count). The van der Waals surface area contributed by atoms with Gasteiger partial charge in [-0.25, -0.2) is 0 Å². The monoisotopic (exact) mass is 281 g/mol. The second-order valence-corrected chi connectivity index (χ2v) is 4.79. The molecule has 1 N–H and O–H groups in total. The summed E-state index contributed by atoms with van der Waals surface area (Å²) in [5, 5.41) is 3.46. The van der Waals surface area contributed by atoms with Crippen molar-refractivity contribution in [3.63, 3.8) is 0 Å². The van der Waals surface area contributed by atoms with E-state index in [1.807, 2.05) is 6.08 Å². The fourth-order valence-electron chi connectivity index (χ4n) is 1.60. The van der Waals surface area contributed by atoms with E-state index < -0.39 is 0 Å². The zero-order valence-electron chi connectivity index (χ0n) is 9.93. The van der Waals surface area contributed by atoms with Crippen molar-refractivity contribution in [1.82, 2.24) is 0 Å². The Morgan fingerprint density at radius 1 is 1.31 bits per heavy atom. The molecular formula is C14H20BrN. The summed E-state index contributed by atoms with van der Waals surface area (Å²) in [4.78, 5) is 0. The summed E-state index contributed by atoms with van der Waals surface area (Å²) in [5.74, 6) is 0. The molecule has 88 valence electrons. The zero-order valence-corrected chi connectivity index (χ0v) is 11.5. The number of aryl methyl sites for hydroxylation is 1. The first-order chi connectivity index (χ1) is 7.75. The predicted octanol–water partition coefficient (Wildman–Crippen LogP) is 4.92. The van der Waals surface area contributed by atoms with Gasteiger partial charge in [-0.05, 0) is 53.7 Å². The first-order valence-corrected chi connectivity index (χ1v) is 6.65. The van der Waals surface area contributed by atoms with Crippen molar-refractivity contribution in [3.8, 4) is 0 Å². The lowest BCUT2D eigenvalue weighted by Gasteiger charge is -2.09. The maximum Gasteiger partial charge on any atom is 0.0487 e. The van der Waals surface area contributed by atoms with Gasteiger partial charge >= 0.3 is 0 Å². The van der Waals surface area contributed by atoms with Crippen LogP contribution in [-0.2, 0) is 0 Å². The molecule has 0 atom stereocenters. The maximum absolute atomic E-state index is 3.73. The van der Waals surface area contributed by atoms with Gasteiger partial charge in [-0.3, -0.25) is 0 Å². The minimum absolute atomic E-state index is 1.04. The lowest BCUT2D eigenvalue weighted by molar-refractivity contribution is 0.708. The summed E-state index contributed by atoms with van der Waals surface area (Å²) in [6, 6.07) is 6.31. The molecule has 0 fully saturated rings.